The lowest BCUT2D eigenvalue weighted by Crippen LogP contribution is -2.08. The van der Waals surface area contributed by atoms with Crippen LogP contribution in [-0.4, -0.2) is 5.78 Å². The van der Waals surface area contributed by atoms with Crippen LogP contribution in [0.3, 0.4) is 0 Å². The predicted octanol–water partition coefficient (Wildman–Crippen LogP) is 4.27. The van der Waals surface area contributed by atoms with Gasteiger partial charge in [0.2, 0.25) is 0 Å². The molecule has 0 bridgehead atoms. The van der Waals surface area contributed by atoms with Crippen molar-refractivity contribution in [3.8, 4) is 0 Å². The van der Waals surface area contributed by atoms with Crippen molar-refractivity contribution in [2.24, 2.45) is 5.92 Å². The number of hydrogen-bond acceptors (Lipinski definition) is 1. The first-order valence-corrected chi connectivity index (χ1v) is 6.46. The molecule has 0 spiro atoms. The fraction of sp³-hybridized carbons (Fsp3) is 0.786. The van der Waals surface area contributed by atoms with Crippen molar-refractivity contribution in [2.75, 3.05) is 0 Å². The summed E-state index contributed by atoms with van der Waals surface area (Å²) in [4.78, 5) is 12.0. The van der Waals surface area contributed by atoms with Gasteiger partial charge < -0.3 is 0 Å². The smallest absolute Gasteiger partial charge is 0.158 e. The predicted molar refractivity (Wildman–Crippen MR) is 64.9 cm³/mol. The monoisotopic (exact) mass is 208 g/mol. The molecule has 1 aliphatic rings. The van der Waals surface area contributed by atoms with Crippen molar-refractivity contribution < 1.29 is 4.79 Å². The van der Waals surface area contributed by atoms with Crippen LogP contribution < -0.4 is 0 Å². The van der Waals surface area contributed by atoms with Crippen LogP contribution in [0.2, 0.25) is 0 Å². The van der Waals surface area contributed by atoms with Gasteiger partial charge in [0.05, 0.1) is 0 Å². The normalized spacial score (nSPS) is 19.2. The summed E-state index contributed by atoms with van der Waals surface area (Å²) in [5, 5.41) is 0. The molecule has 1 rings (SSSR count). The van der Waals surface area contributed by atoms with Gasteiger partial charge in [-0.05, 0) is 37.2 Å². The van der Waals surface area contributed by atoms with Crippen LogP contribution >= 0.6 is 0 Å². The first kappa shape index (κ1) is 12.5. The van der Waals surface area contributed by atoms with E-state index in [4.69, 9.17) is 0 Å². The van der Waals surface area contributed by atoms with E-state index in [1.165, 1.54) is 32.1 Å². The van der Waals surface area contributed by atoms with Crippen LogP contribution in [0.1, 0.15) is 65.2 Å². The molecule has 86 valence electrons. The Morgan fingerprint density at radius 3 is 2.93 bits per heavy atom. The lowest BCUT2D eigenvalue weighted by molar-refractivity contribution is -0.116. The zero-order chi connectivity index (χ0) is 11.1. The zero-order valence-electron chi connectivity index (χ0n) is 10.2. The summed E-state index contributed by atoms with van der Waals surface area (Å²) in [5.74, 6) is 0.976. The van der Waals surface area contributed by atoms with Crippen LogP contribution in [0.4, 0.5) is 0 Å². The first-order chi connectivity index (χ1) is 7.24. The molecular formula is C14H24O. The molecule has 0 aromatic heterocycles. The Kier molecular flexibility index (Phi) is 5.67. The van der Waals surface area contributed by atoms with Gasteiger partial charge in [-0.25, -0.2) is 0 Å². The van der Waals surface area contributed by atoms with Crippen molar-refractivity contribution in [1.29, 1.82) is 0 Å². The maximum Gasteiger partial charge on any atom is 0.158 e. The van der Waals surface area contributed by atoms with E-state index in [2.05, 4.69) is 19.9 Å². The van der Waals surface area contributed by atoms with E-state index in [1.54, 1.807) is 0 Å². The molecule has 15 heavy (non-hydrogen) atoms. The van der Waals surface area contributed by atoms with Gasteiger partial charge in [-0.15, -0.1) is 0 Å². The van der Waals surface area contributed by atoms with Gasteiger partial charge in [0.25, 0.3) is 0 Å². The average molecular weight is 208 g/mol. The Balaban J connectivity index is 2.41. The molecule has 0 saturated carbocycles. The molecule has 0 heterocycles. The quantitative estimate of drug-likeness (QED) is 0.659. The Morgan fingerprint density at radius 2 is 2.20 bits per heavy atom. The first-order valence-electron chi connectivity index (χ1n) is 6.46. The second kappa shape index (κ2) is 6.81. The SMILES string of the molecule is CCCC(C)CC(=O)C1=CCCCCC1. The van der Waals surface area contributed by atoms with Gasteiger partial charge in [0.15, 0.2) is 5.78 Å². The van der Waals surface area contributed by atoms with Crippen molar-refractivity contribution in [1.82, 2.24) is 0 Å². The van der Waals surface area contributed by atoms with Crippen molar-refractivity contribution in [3.63, 3.8) is 0 Å². The fourth-order valence-corrected chi connectivity index (χ4v) is 2.31. The minimum absolute atomic E-state index is 0.415. The Morgan fingerprint density at radius 1 is 1.40 bits per heavy atom. The van der Waals surface area contributed by atoms with E-state index >= 15 is 0 Å². The minimum Gasteiger partial charge on any atom is -0.295 e. The number of hydrogen-bond donors (Lipinski definition) is 0. The summed E-state index contributed by atoms with van der Waals surface area (Å²) in [6.45, 7) is 4.38. The van der Waals surface area contributed by atoms with Crippen LogP contribution in [0.15, 0.2) is 11.6 Å². The van der Waals surface area contributed by atoms with E-state index in [0.717, 1.165) is 24.8 Å². The zero-order valence-corrected chi connectivity index (χ0v) is 10.2. The molecule has 1 unspecified atom stereocenters. The standard InChI is InChI=1S/C14H24O/c1-3-8-12(2)11-14(15)13-9-6-4-5-7-10-13/h9,12H,3-8,10-11H2,1-2H3. The van der Waals surface area contributed by atoms with Crippen LogP contribution in [0.25, 0.3) is 0 Å². The van der Waals surface area contributed by atoms with Crippen molar-refractivity contribution >= 4 is 5.78 Å². The van der Waals surface area contributed by atoms with E-state index in [-0.39, 0.29) is 0 Å². The second-order valence-electron chi connectivity index (χ2n) is 4.85. The van der Waals surface area contributed by atoms with Crippen LogP contribution in [0.5, 0.6) is 0 Å². The van der Waals surface area contributed by atoms with Crippen LogP contribution in [0, 0.1) is 5.92 Å². The highest BCUT2D eigenvalue weighted by molar-refractivity contribution is 5.95. The molecule has 1 aliphatic carbocycles. The number of allylic oxidation sites excluding steroid dienone is 2. The third-order valence-electron chi connectivity index (χ3n) is 3.21. The molecule has 0 aliphatic heterocycles. The molecule has 0 fully saturated rings. The summed E-state index contributed by atoms with van der Waals surface area (Å²) in [6, 6.07) is 0. The number of carbonyl (C=O) groups is 1. The number of rotatable bonds is 5. The van der Waals surface area contributed by atoms with Gasteiger partial charge in [0.1, 0.15) is 0 Å². The molecule has 0 aromatic rings. The molecule has 0 N–H and O–H groups in total. The Hall–Kier alpha value is -0.590. The molecule has 1 nitrogen and oxygen atoms in total. The van der Waals surface area contributed by atoms with Gasteiger partial charge in [-0.3, -0.25) is 4.79 Å². The van der Waals surface area contributed by atoms with Gasteiger partial charge in [0, 0.05) is 6.42 Å². The molecule has 1 atom stereocenters. The molecular weight excluding hydrogens is 184 g/mol. The van der Waals surface area contributed by atoms with Gasteiger partial charge >= 0.3 is 0 Å². The summed E-state index contributed by atoms with van der Waals surface area (Å²) in [7, 11) is 0. The summed E-state index contributed by atoms with van der Waals surface area (Å²) >= 11 is 0. The Bertz CT molecular complexity index is 227. The second-order valence-corrected chi connectivity index (χ2v) is 4.85. The van der Waals surface area contributed by atoms with Gasteiger partial charge in [-0.2, -0.15) is 0 Å². The van der Waals surface area contributed by atoms with E-state index in [9.17, 15) is 4.79 Å². The highest BCUT2D eigenvalue weighted by Gasteiger charge is 2.14. The van der Waals surface area contributed by atoms with Crippen molar-refractivity contribution in [2.45, 2.75) is 65.2 Å². The summed E-state index contributed by atoms with van der Waals surface area (Å²) < 4.78 is 0. The minimum atomic E-state index is 0.415. The fourth-order valence-electron chi connectivity index (χ4n) is 2.31. The van der Waals surface area contributed by atoms with E-state index in [1.807, 2.05) is 0 Å². The maximum absolute atomic E-state index is 12.0. The highest BCUT2D eigenvalue weighted by atomic mass is 16.1. The van der Waals surface area contributed by atoms with E-state index in [0.29, 0.717) is 11.7 Å². The lowest BCUT2D eigenvalue weighted by atomic mass is 9.94. The molecule has 0 saturated heterocycles. The van der Waals surface area contributed by atoms with Crippen molar-refractivity contribution in [3.05, 3.63) is 11.6 Å². The number of carbonyl (C=O) groups excluding carboxylic acids is 1. The molecule has 1 heteroatoms. The molecule has 0 amide bonds. The topological polar surface area (TPSA) is 17.1 Å². The number of Topliss-reactive ketones (excluding diaryl/α,β-unsaturated/α-hetero) is 1. The van der Waals surface area contributed by atoms with Crippen LogP contribution in [-0.2, 0) is 4.79 Å². The summed E-state index contributed by atoms with van der Waals surface area (Å²) in [6.07, 6.45) is 11.2. The Labute approximate surface area is 93.9 Å². The third-order valence-corrected chi connectivity index (χ3v) is 3.21. The maximum atomic E-state index is 12.0. The molecule has 0 aromatic carbocycles. The largest absolute Gasteiger partial charge is 0.295 e. The summed E-state index contributed by atoms with van der Waals surface area (Å²) in [5.41, 5.74) is 1.12. The average Bonchev–Trinajstić information content (AvgIpc) is 2.45. The van der Waals surface area contributed by atoms with E-state index < -0.39 is 0 Å². The molecule has 0 radical (unpaired) electrons. The number of ketones is 1. The van der Waals surface area contributed by atoms with Gasteiger partial charge in [-0.1, -0.05) is 39.2 Å². The lowest BCUT2D eigenvalue weighted by Gasteiger charge is -2.10. The third kappa shape index (κ3) is 4.63. The highest BCUT2D eigenvalue weighted by Crippen LogP contribution is 2.21.